The van der Waals surface area contributed by atoms with E-state index in [2.05, 4.69) is 19.9 Å². The fraction of sp³-hybridized carbons (Fsp3) is 0.462. The average molecular weight is 190 g/mol. The van der Waals surface area contributed by atoms with Crippen molar-refractivity contribution in [3.8, 4) is 0 Å². The molecule has 1 rings (SSSR count). The van der Waals surface area contributed by atoms with Crippen molar-refractivity contribution in [1.82, 2.24) is 0 Å². The van der Waals surface area contributed by atoms with Gasteiger partial charge < -0.3 is 0 Å². The maximum Gasteiger partial charge on any atom is 0.160 e. The SMILES string of the molecule is CCCC(C)c1ccccc1C(C)=O. The Balaban J connectivity index is 3.00. The summed E-state index contributed by atoms with van der Waals surface area (Å²) >= 11 is 0. The van der Waals surface area contributed by atoms with E-state index in [9.17, 15) is 4.79 Å². The molecular weight excluding hydrogens is 172 g/mol. The third-order valence-electron chi connectivity index (χ3n) is 2.59. The van der Waals surface area contributed by atoms with Gasteiger partial charge in [-0.15, -0.1) is 0 Å². The van der Waals surface area contributed by atoms with E-state index in [4.69, 9.17) is 0 Å². The van der Waals surface area contributed by atoms with Crippen LogP contribution < -0.4 is 0 Å². The number of ketones is 1. The Kier molecular flexibility index (Phi) is 3.87. The van der Waals surface area contributed by atoms with Crippen LogP contribution in [0.2, 0.25) is 0 Å². The molecule has 0 aromatic heterocycles. The number of rotatable bonds is 4. The molecule has 0 aliphatic carbocycles. The highest BCUT2D eigenvalue weighted by Gasteiger charge is 2.11. The van der Waals surface area contributed by atoms with Crippen LogP contribution in [0.4, 0.5) is 0 Å². The first kappa shape index (κ1) is 11.0. The largest absolute Gasteiger partial charge is 0.295 e. The molecule has 0 bridgehead atoms. The maximum atomic E-state index is 11.4. The highest BCUT2D eigenvalue weighted by molar-refractivity contribution is 5.95. The number of carbonyl (C=O) groups is 1. The molecule has 0 saturated heterocycles. The van der Waals surface area contributed by atoms with Crippen LogP contribution in [-0.2, 0) is 0 Å². The molecule has 0 N–H and O–H groups in total. The van der Waals surface area contributed by atoms with Gasteiger partial charge in [-0.25, -0.2) is 0 Å². The second-order valence-electron chi connectivity index (χ2n) is 3.83. The highest BCUT2D eigenvalue weighted by Crippen LogP contribution is 2.24. The van der Waals surface area contributed by atoms with Gasteiger partial charge >= 0.3 is 0 Å². The lowest BCUT2D eigenvalue weighted by molar-refractivity contribution is 0.101. The lowest BCUT2D eigenvalue weighted by Gasteiger charge is -2.13. The minimum absolute atomic E-state index is 0.170. The molecule has 0 heterocycles. The maximum absolute atomic E-state index is 11.4. The fourth-order valence-electron chi connectivity index (χ4n) is 1.84. The number of benzene rings is 1. The summed E-state index contributed by atoms with van der Waals surface area (Å²) in [5, 5.41) is 0. The van der Waals surface area contributed by atoms with E-state index in [0.717, 1.165) is 18.4 Å². The van der Waals surface area contributed by atoms with Gasteiger partial charge in [0.2, 0.25) is 0 Å². The van der Waals surface area contributed by atoms with Gasteiger partial charge in [-0.3, -0.25) is 4.79 Å². The summed E-state index contributed by atoms with van der Waals surface area (Å²) in [4.78, 5) is 11.4. The first-order chi connectivity index (χ1) is 6.66. The fourth-order valence-corrected chi connectivity index (χ4v) is 1.84. The first-order valence-electron chi connectivity index (χ1n) is 5.26. The van der Waals surface area contributed by atoms with E-state index in [-0.39, 0.29) is 5.78 Å². The first-order valence-corrected chi connectivity index (χ1v) is 5.26. The number of hydrogen-bond donors (Lipinski definition) is 0. The molecule has 0 saturated carbocycles. The predicted molar refractivity (Wildman–Crippen MR) is 59.8 cm³/mol. The smallest absolute Gasteiger partial charge is 0.160 e. The molecule has 1 nitrogen and oxygen atoms in total. The molecule has 1 aromatic carbocycles. The Morgan fingerprint density at radius 1 is 1.36 bits per heavy atom. The molecule has 1 heteroatoms. The van der Waals surface area contributed by atoms with Crippen molar-refractivity contribution in [2.75, 3.05) is 0 Å². The van der Waals surface area contributed by atoms with Gasteiger partial charge in [0.1, 0.15) is 0 Å². The molecule has 1 aromatic rings. The predicted octanol–water partition coefficient (Wildman–Crippen LogP) is 3.79. The van der Waals surface area contributed by atoms with Crippen LogP contribution in [0.25, 0.3) is 0 Å². The van der Waals surface area contributed by atoms with Gasteiger partial charge in [0.25, 0.3) is 0 Å². The Morgan fingerprint density at radius 3 is 2.57 bits per heavy atom. The zero-order valence-corrected chi connectivity index (χ0v) is 9.21. The van der Waals surface area contributed by atoms with Crippen LogP contribution in [0.5, 0.6) is 0 Å². The third kappa shape index (κ3) is 2.44. The second kappa shape index (κ2) is 4.94. The molecule has 0 amide bonds. The quantitative estimate of drug-likeness (QED) is 0.660. The molecule has 0 fully saturated rings. The Labute approximate surface area is 86.1 Å². The lowest BCUT2D eigenvalue weighted by Crippen LogP contribution is -2.02. The van der Waals surface area contributed by atoms with E-state index in [0.29, 0.717) is 5.92 Å². The molecule has 14 heavy (non-hydrogen) atoms. The minimum atomic E-state index is 0.170. The topological polar surface area (TPSA) is 17.1 Å². The van der Waals surface area contributed by atoms with E-state index in [1.807, 2.05) is 18.2 Å². The van der Waals surface area contributed by atoms with Crippen molar-refractivity contribution >= 4 is 5.78 Å². The Bertz CT molecular complexity index is 315. The summed E-state index contributed by atoms with van der Waals surface area (Å²) in [7, 11) is 0. The summed E-state index contributed by atoms with van der Waals surface area (Å²) in [6, 6.07) is 7.92. The van der Waals surface area contributed by atoms with Crippen LogP contribution in [0.3, 0.4) is 0 Å². The normalized spacial score (nSPS) is 12.5. The molecule has 1 unspecified atom stereocenters. The summed E-state index contributed by atoms with van der Waals surface area (Å²) in [5.41, 5.74) is 2.08. The molecule has 0 radical (unpaired) electrons. The van der Waals surface area contributed by atoms with E-state index in [1.54, 1.807) is 6.92 Å². The Hall–Kier alpha value is -1.11. The minimum Gasteiger partial charge on any atom is -0.295 e. The van der Waals surface area contributed by atoms with Crippen molar-refractivity contribution < 1.29 is 4.79 Å². The number of hydrogen-bond acceptors (Lipinski definition) is 1. The van der Waals surface area contributed by atoms with Crippen molar-refractivity contribution in [2.45, 2.75) is 39.5 Å². The zero-order valence-electron chi connectivity index (χ0n) is 9.21. The Morgan fingerprint density at radius 2 is 2.00 bits per heavy atom. The van der Waals surface area contributed by atoms with Crippen molar-refractivity contribution in [3.63, 3.8) is 0 Å². The van der Waals surface area contributed by atoms with E-state index >= 15 is 0 Å². The molecule has 76 valence electrons. The number of carbonyl (C=O) groups excluding carboxylic acids is 1. The van der Waals surface area contributed by atoms with Crippen molar-refractivity contribution in [2.24, 2.45) is 0 Å². The second-order valence-corrected chi connectivity index (χ2v) is 3.83. The van der Waals surface area contributed by atoms with Crippen molar-refractivity contribution in [3.05, 3.63) is 35.4 Å². The summed E-state index contributed by atoms with van der Waals surface area (Å²) in [6.07, 6.45) is 2.30. The summed E-state index contributed by atoms with van der Waals surface area (Å²) < 4.78 is 0. The molecule has 1 atom stereocenters. The summed E-state index contributed by atoms with van der Waals surface area (Å²) in [5.74, 6) is 0.656. The highest BCUT2D eigenvalue weighted by atomic mass is 16.1. The van der Waals surface area contributed by atoms with Crippen LogP contribution in [-0.4, -0.2) is 5.78 Å². The van der Waals surface area contributed by atoms with Gasteiger partial charge in [-0.1, -0.05) is 44.5 Å². The van der Waals surface area contributed by atoms with Gasteiger partial charge in [0.15, 0.2) is 5.78 Å². The van der Waals surface area contributed by atoms with Gasteiger partial charge in [0.05, 0.1) is 0 Å². The van der Waals surface area contributed by atoms with Gasteiger partial charge in [-0.05, 0) is 24.8 Å². The zero-order chi connectivity index (χ0) is 10.6. The van der Waals surface area contributed by atoms with E-state index < -0.39 is 0 Å². The van der Waals surface area contributed by atoms with Gasteiger partial charge in [0, 0.05) is 5.56 Å². The van der Waals surface area contributed by atoms with Crippen LogP contribution in [0.1, 0.15) is 55.5 Å². The van der Waals surface area contributed by atoms with Crippen LogP contribution in [0, 0.1) is 0 Å². The number of Topliss-reactive ketones (excluding diaryl/α,β-unsaturated/α-hetero) is 1. The molecule has 0 aliphatic rings. The van der Waals surface area contributed by atoms with E-state index in [1.165, 1.54) is 5.56 Å². The monoisotopic (exact) mass is 190 g/mol. The standard InChI is InChI=1S/C13H18O/c1-4-7-10(2)12-8-5-6-9-13(12)11(3)14/h5-6,8-10H,4,7H2,1-3H3. The molecule has 0 spiro atoms. The summed E-state index contributed by atoms with van der Waals surface area (Å²) in [6.45, 7) is 6.00. The molecular formula is C13H18O. The lowest BCUT2D eigenvalue weighted by atomic mass is 9.91. The van der Waals surface area contributed by atoms with Crippen LogP contribution >= 0.6 is 0 Å². The van der Waals surface area contributed by atoms with Crippen LogP contribution in [0.15, 0.2) is 24.3 Å². The van der Waals surface area contributed by atoms with Crippen molar-refractivity contribution in [1.29, 1.82) is 0 Å². The van der Waals surface area contributed by atoms with Gasteiger partial charge in [-0.2, -0.15) is 0 Å². The molecule has 0 aliphatic heterocycles. The third-order valence-corrected chi connectivity index (χ3v) is 2.59. The average Bonchev–Trinajstić information content (AvgIpc) is 2.18.